The molecule has 1 N–H and O–H groups in total. The van der Waals surface area contributed by atoms with E-state index in [1.165, 1.54) is 11.8 Å². The van der Waals surface area contributed by atoms with E-state index < -0.39 is 11.2 Å². The van der Waals surface area contributed by atoms with Crippen molar-refractivity contribution in [1.29, 1.82) is 0 Å². The number of hydrogen-bond donors (Lipinski definition) is 1. The summed E-state index contributed by atoms with van der Waals surface area (Å²) >= 11 is 1.40. The summed E-state index contributed by atoms with van der Waals surface area (Å²) in [7, 11) is 0. The Morgan fingerprint density at radius 2 is 1.52 bits per heavy atom. The lowest BCUT2D eigenvalue weighted by Gasteiger charge is -2.13. The highest BCUT2D eigenvalue weighted by Gasteiger charge is 2.17. The number of para-hydroxylation sites is 1. The lowest BCUT2D eigenvalue weighted by atomic mass is 10.0. The fourth-order valence-electron chi connectivity index (χ4n) is 2.80. The topological polar surface area (TPSA) is 55.4 Å². The van der Waals surface area contributed by atoms with E-state index in [0.29, 0.717) is 6.42 Å². The van der Waals surface area contributed by atoms with Gasteiger partial charge in [-0.15, -0.1) is 11.8 Å². The van der Waals surface area contributed by atoms with Gasteiger partial charge in [-0.3, -0.25) is 9.59 Å². The number of rotatable bonds is 8. The number of hydrogen-bond acceptors (Lipinski definition) is 4. The summed E-state index contributed by atoms with van der Waals surface area (Å²) in [6.45, 7) is 1.46. The van der Waals surface area contributed by atoms with Crippen LogP contribution in [0, 0.1) is 0 Å². The summed E-state index contributed by atoms with van der Waals surface area (Å²) < 4.78 is 5.20. The van der Waals surface area contributed by atoms with Crippen LogP contribution in [-0.4, -0.2) is 23.7 Å². The molecule has 0 bridgehead atoms. The van der Waals surface area contributed by atoms with Gasteiger partial charge in [0.05, 0.1) is 0 Å². The van der Waals surface area contributed by atoms with Crippen molar-refractivity contribution in [2.45, 2.75) is 23.5 Å². The molecule has 1 amide bonds. The van der Waals surface area contributed by atoms with Gasteiger partial charge in [0.15, 0.2) is 6.61 Å². The van der Waals surface area contributed by atoms with Crippen LogP contribution in [0.1, 0.15) is 18.1 Å². The van der Waals surface area contributed by atoms with Crippen molar-refractivity contribution >= 4 is 29.3 Å². The van der Waals surface area contributed by atoms with Crippen LogP contribution >= 0.6 is 11.8 Å². The molecule has 0 radical (unpaired) electrons. The molecule has 1 atom stereocenters. The molecule has 0 aliphatic rings. The van der Waals surface area contributed by atoms with Crippen LogP contribution < -0.4 is 5.32 Å². The quantitative estimate of drug-likeness (QED) is 0.426. The minimum absolute atomic E-state index is 0.307. The summed E-state index contributed by atoms with van der Waals surface area (Å²) in [4.78, 5) is 25.5. The number of nitrogens with one attached hydrogen (secondary N) is 1. The molecule has 4 nitrogen and oxygen atoms in total. The lowest BCUT2D eigenvalue weighted by Crippen LogP contribution is -2.25. The lowest BCUT2D eigenvalue weighted by molar-refractivity contribution is -0.146. The van der Waals surface area contributed by atoms with Gasteiger partial charge in [0.1, 0.15) is 5.25 Å². The highest BCUT2D eigenvalue weighted by molar-refractivity contribution is 8.00. The number of carbonyl (C=O) groups is 2. The van der Waals surface area contributed by atoms with Crippen molar-refractivity contribution in [3.05, 3.63) is 96.1 Å². The number of esters is 1. The molecule has 0 aliphatic heterocycles. The van der Waals surface area contributed by atoms with Crippen LogP contribution in [0.2, 0.25) is 0 Å². The largest absolute Gasteiger partial charge is 0.455 e. The monoisotopic (exact) mass is 405 g/mol. The van der Waals surface area contributed by atoms with E-state index in [1.807, 2.05) is 84.9 Å². The van der Waals surface area contributed by atoms with Crippen LogP contribution in [0.15, 0.2) is 89.8 Å². The molecule has 0 heterocycles. The first-order chi connectivity index (χ1) is 14.1. The second-order valence-electron chi connectivity index (χ2n) is 6.55. The molecule has 0 saturated carbocycles. The van der Waals surface area contributed by atoms with E-state index in [4.69, 9.17) is 4.74 Å². The molecule has 148 valence electrons. The van der Waals surface area contributed by atoms with Crippen molar-refractivity contribution in [2.24, 2.45) is 0 Å². The number of thioether (sulfide) groups is 1. The second-order valence-corrected chi connectivity index (χ2v) is 7.96. The molecule has 29 heavy (non-hydrogen) atoms. The zero-order valence-electron chi connectivity index (χ0n) is 16.2. The molecule has 5 heteroatoms. The Hall–Kier alpha value is -3.05. The third-order valence-corrected chi connectivity index (χ3v) is 5.35. The average Bonchev–Trinajstić information content (AvgIpc) is 2.75. The van der Waals surface area contributed by atoms with Crippen molar-refractivity contribution in [1.82, 2.24) is 0 Å². The molecule has 0 unspecified atom stereocenters. The van der Waals surface area contributed by atoms with Crippen molar-refractivity contribution < 1.29 is 14.3 Å². The molecule has 3 aromatic rings. The zero-order valence-corrected chi connectivity index (χ0v) is 17.0. The van der Waals surface area contributed by atoms with Gasteiger partial charge in [-0.1, -0.05) is 66.7 Å². The Bertz CT molecular complexity index is 945. The SMILES string of the molecule is C[C@@H](Sc1ccccc1)C(=O)OCC(=O)Nc1ccccc1Cc1ccccc1. The second kappa shape index (κ2) is 10.5. The summed E-state index contributed by atoms with van der Waals surface area (Å²) in [6, 6.07) is 27.3. The van der Waals surface area contributed by atoms with Gasteiger partial charge in [0, 0.05) is 10.6 Å². The minimum atomic E-state index is -0.411. The third-order valence-electron chi connectivity index (χ3n) is 4.26. The number of carbonyl (C=O) groups excluding carboxylic acids is 2. The average molecular weight is 406 g/mol. The maximum Gasteiger partial charge on any atom is 0.319 e. The van der Waals surface area contributed by atoms with Gasteiger partial charge in [-0.05, 0) is 42.7 Å². The van der Waals surface area contributed by atoms with Crippen LogP contribution in [0.5, 0.6) is 0 Å². The first-order valence-corrected chi connectivity index (χ1v) is 10.3. The molecule has 0 saturated heterocycles. The molecule has 0 spiro atoms. The van der Waals surface area contributed by atoms with Gasteiger partial charge in [0.25, 0.3) is 5.91 Å². The Morgan fingerprint density at radius 3 is 2.24 bits per heavy atom. The van der Waals surface area contributed by atoms with Crippen molar-refractivity contribution in [3.8, 4) is 0 Å². The number of benzene rings is 3. The Kier molecular flexibility index (Phi) is 7.47. The van der Waals surface area contributed by atoms with Crippen molar-refractivity contribution in [2.75, 3.05) is 11.9 Å². The Balaban J connectivity index is 1.52. The van der Waals surface area contributed by atoms with E-state index in [0.717, 1.165) is 21.7 Å². The summed E-state index contributed by atoms with van der Waals surface area (Å²) in [5.41, 5.74) is 2.89. The van der Waals surface area contributed by atoms with Gasteiger partial charge in [0.2, 0.25) is 0 Å². The molecule has 3 aromatic carbocycles. The van der Waals surface area contributed by atoms with E-state index in [-0.39, 0.29) is 12.5 Å². The molecular formula is C24H23NO3S. The molecule has 0 fully saturated rings. The maximum atomic E-state index is 12.3. The third kappa shape index (κ3) is 6.50. The standard InChI is InChI=1S/C24H23NO3S/c1-18(29-21-13-6-3-7-14-21)24(27)28-17-23(26)25-22-15-9-8-12-20(22)16-19-10-4-2-5-11-19/h2-15,18H,16-17H2,1H3,(H,25,26)/t18-/m1/s1. The summed E-state index contributed by atoms with van der Waals surface area (Å²) in [5.74, 6) is -0.762. The Morgan fingerprint density at radius 1 is 0.897 bits per heavy atom. The first kappa shape index (κ1) is 20.7. The predicted molar refractivity (Wildman–Crippen MR) is 117 cm³/mol. The normalized spacial score (nSPS) is 11.5. The van der Waals surface area contributed by atoms with E-state index in [1.54, 1.807) is 6.92 Å². The highest BCUT2D eigenvalue weighted by Crippen LogP contribution is 2.23. The number of ether oxygens (including phenoxy) is 1. The van der Waals surface area contributed by atoms with E-state index in [2.05, 4.69) is 5.32 Å². The molecule has 3 rings (SSSR count). The van der Waals surface area contributed by atoms with E-state index in [9.17, 15) is 9.59 Å². The van der Waals surface area contributed by atoms with Crippen LogP contribution in [0.3, 0.4) is 0 Å². The number of amides is 1. The fourth-order valence-corrected chi connectivity index (χ4v) is 3.69. The van der Waals surface area contributed by atoms with Gasteiger partial charge < -0.3 is 10.1 Å². The van der Waals surface area contributed by atoms with Crippen LogP contribution in [0.4, 0.5) is 5.69 Å². The predicted octanol–water partition coefficient (Wildman–Crippen LogP) is 4.94. The molecular weight excluding hydrogens is 382 g/mol. The first-order valence-electron chi connectivity index (χ1n) is 9.42. The Labute approximate surface area is 175 Å². The van der Waals surface area contributed by atoms with Gasteiger partial charge in [-0.2, -0.15) is 0 Å². The smallest absolute Gasteiger partial charge is 0.319 e. The molecule has 0 aliphatic carbocycles. The van der Waals surface area contributed by atoms with Gasteiger partial charge in [-0.25, -0.2) is 0 Å². The maximum absolute atomic E-state index is 12.3. The summed E-state index contributed by atoms with van der Waals surface area (Å²) in [6.07, 6.45) is 0.710. The molecule has 0 aromatic heterocycles. The van der Waals surface area contributed by atoms with E-state index >= 15 is 0 Å². The minimum Gasteiger partial charge on any atom is -0.455 e. The summed E-state index contributed by atoms with van der Waals surface area (Å²) in [5, 5.41) is 2.46. The fraction of sp³-hybridized carbons (Fsp3) is 0.167. The van der Waals surface area contributed by atoms with Crippen LogP contribution in [0.25, 0.3) is 0 Å². The van der Waals surface area contributed by atoms with Crippen LogP contribution in [-0.2, 0) is 20.7 Å². The van der Waals surface area contributed by atoms with Crippen molar-refractivity contribution in [3.63, 3.8) is 0 Å². The number of anilines is 1. The highest BCUT2D eigenvalue weighted by atomic mass is 32.2. The van der Waals surface area contributed by atoms with Gasteiger partial charge >= 0.3 is 5.97 Å². The zero-order chi connectivity index (χ0) is 20.5.